The molecule has 206 valence electrons. The Hall–Kier alpha value is -2.55. The number of fused-ring (bicyclic) bond motifs is 1. The van der Waals surface area contributed by atoms with Gasteiger partial charge in [0.05, 0.1) is 29.7 Å². The molecule has 2 heterocycles. The van der Waals surface area contributed by atoms with Crippen LogP contribution in [0.4, 0.5) is 4.39 Å². The Labute approximate surface area is 230 Å². The second kappa shape index (κ2) is 11.7. The molecule has 3 rings (SSSR count). The fraction of sp³-hybridized carbons (Fsp3) is 0.483. The quantitative estimate of drug-likeness (QED) is 0.205. The predicted molar refractivity (Wildman–Crippen MR) is 153 cm³/mol. The molecule has 0 N–H and O–H groups in total. The van der Waals surface area contributed by atoms with Gasteiger partial charge in [-0.2, -0.15) is 0 Å². The maximum atomic E-state index is 14.6. The Morgan fingerprint density at radius 2 is 1.92 bits per heavy atom. The van der Waals surface area contributed by atoms with Gasteiger partial charge in [0.25, 0.3) is 0 Å². The molecule has 9 heteroatoms. The van der Waals surface area contributed by atoms with Crippen LogP contribution in [0, 0.1) is 11.7 Å². The second-order valence-electron chi connectivity index (χ2n) is 11.5. The Balaban J connectivity index is 2.17. The van der Waals surface area contributed by atoms with E-state index in [1.165, 1.54) is 6.07 Å². The van der Waals surface area contributed by atoms with E-state index in [0.717, 1.165) is 0 Å². The van der Waals surface area contributed by atoms with Crippen LogP contribution in [0.2, 0.25) is 23.2 Å². The van der Waals surface area contributed by atoms with Gasteiger partial charge in [0.15, 0.2) is 8.32 Å². The number of nitrogens with zero attached hydrogens (tertiary/aromatic N) is 2. The molecule has 0 radical (unpaired) electrons. The number of ether oxygens (including phenoxy) is 1. The third kappa shape index (κ3) is 6.35. The van der Waals surface area contributed by atoms with Crippen LogP contribution in [0.15, 0.2) is 41.5 Å². The summed E-state index contributed by atoms with van der Waals surface area (Å²) in [6.45, 7) is 17.3. The van der Waals surface area contributed by atoms with Crippen molar-refractivity contribution in [2.24, 2.45) is 5.92 Å². The molecule has 0 amide bonds. The van der Waals surface area contributed by atoms with Gasteiger partial charge in [-0.25, -0.2) is 14.2 Å². The summed E-state index contributed by atoms with van der Waals surface area (Å²) in [5.74, 6) is -1.08. The van der Waals surface area contributed by atoms with Crippen molar-refractivity contribution in [2.75, 3.05) is 13.2 Å². The number of halogens is 2. The summed E-state index contributed by atoms with van der Waals surface area (Å²) in [5.41, 5.74) is 0.926. The van der Waals surface area contributed by atoms with Crippen molar-refractivity contribution in [2.45, 2.75) is 72.1 Å². The molecule has 2 aromatic heterocycles. The van der Waals surface area contributed by atoms with Crippen LogP contribution in [0.25, 0.3) is 11.0 Å². The summed E-state index contributed by atoms with van der Waals surface area (Å²) in [6.07, 6.45) is 3.38. The minimum absolute atomic E-state index is 0.0268. The Bertz CT molecular complexity index is 1380. The molecule has 1 aromatic carbocycles. The Morgan fingerprint density at radius 3 is 2.53 bits per heavy atom. The highest BCUT2D eigenvalue weighted by Crippen LogP contribution is 2.37. The van der Waals surface area contributed by atoms with Gasteiger partial charge in [0.1, 0.15) is 17.0 Å². The topological polar surface area (TPSA) is 70.4 Å². The van der Waals surface area contributed by atoms with E-state index in [2.05, 4.69) is 52.7 Å². The van der Waals surface area contributed by atoms with Crippen molar-refractivity contribution in [1.29, 1.82) is 0 Å². The highest BCUT2D eigenvalue weighted by Gasteiger charge is 2.38. The standard InChI is InChI=1S/C29H38ClFN2O4Si/c1-9-36-28(35)22-16-33(24(18(2)3)17-37-38(7,8)29(4,5)6)27-21(26(22)34)14-19(15-32-27)13-20-11-10-12-23(30)25(20)31/h10-12,14-16,18,24H,9,13,17H2,1-8H3. The molecule has 0 aliphatic rings. The van der Waals surface area contributed by atoms with Crippen LogP contribution in [0.1, 0.15) is 69.1 Å². The number of carbonyl (C=O) groups is 1. The van der Waals surface area contributed by atoms with E-state index in [9.17, 15) is 14.0 Å². The van der Waals surface area contributed by atoms with Crippen LogP contribution in [0.5, 0.6) is 0 Å². The maximum absolute atomic E-state index is 14.6. The van der Waals surface area contributed by atoms with Crippen LogP contribution in [-0.4, -0.2) is 37.1 Å². The van der Waals surface area contributed by atoms with Crippen LogP contribution in [0.3, 0.4) is 0 Å². The number of aromatic nitrogens is 2. The van der Waals surface area contributed by atoms with Crippen LogP contribution < -0.4 is 5.43 Å². The largest absolute Gasteiger partial charge is 0.462 e. The van der Waals surface area contributed by atoms with Crippen molar-refractivity contribution in [3.63, 3.8) is 0 Å². The molecule has 3 aromatic rings. The van der Waals surface area contributed by atoms with Crippen molar-refractivity contribution in [3.8, 4) is 0 Å². The average molecular weight is 561 g/mol. The predicted octanol–water partition coefficient (Wildman–Crippen LogP) is 7.18. The number of carbonyl (C=O) groups excluding carboxylic acids is 1. The molecule has 0 fully saturated rings. The molecule has 0 bridgehead atoms. The zero-order chi connectivity index (χ0) is 28.4. The number of hydrogen-bond acceptors (Lipinski definition) is 5. The van der Waals surface area contributed by atoms with E-state index in [4.69, 9.17) is 20.8 Å². The van der Waals surface area contributed by atoms with E-state index < -0.39 is 25.5 Å². The first kappa shape index (κ1) is 30.0. The van der Waals surface area contributed by atoms with Crippen LogP contribution >= 0.6 is 11.6 Å². The molecule has 0 spiro atoms. The average Bonchev–Trinajstić information content (AvgIpc) is 2.82. The molecule has 1 unspecified atom stereocenters. The fourth-order valence-corrected chi connectivity index (χ4v) is 5.20. The van der Waals surface area contributed by atoms with E-state index >= 15 is 0 Å². The number of benzene rings is 1. The van der Waals surface area contributed by atoms with Gasteiger partial charge in [-0.1, -0.05) is 58.4 Å². The second-order valence-corrected chi connectivity index (χ2v) is 16.7. The summed E-state index contributed by atoms with van der Waals surface area (Å²) in [4.78, 5) is 31.0. The summed E-state index contributed by atoms with van der Waals surface area (Å²) in [6, 6.07) is 6.30. The number of pyridine rings is 2. The smallest absolute Gasteiger partial charge is 0.343 e. The Kier molecular flexibility index (Phi) is 9.22. The molecule has 0 saturated heterocycles. The highest BCUT2D eigenvalue weighted by molar-refractivity contribution is 6.74. The third-order valence-electron chi connectivity index (χ3n) is 7.39. The van der Waals surface area contributed by atoms with Gasteiger partial charge in [-0.3, -0.25) is 4.79 Å². The SMILES string of the molecule is CCOC(=O)c1cn(C(CO[Si](C)(C)C(C)(C)C)C(C)C)c2ncc(Cc3cccc(Cl)c3F)cc2c1=O. The van der Waals surface area contributed by atoms with Crippen LogP contribution in [-0.2, 0) is 15.6 Å². The van der Waals surface area contributed by atoms with Gasteiger partial charge in [-0.05, 0) is 54.2 Å². The normalized spacial score (nSPS) is 13.2. The molecular weight excluding hydrogens is 523 g/mol. The van der Waals surface area contributed by atoms with Crippen molar-refractivity contribution >= 4 is 36.9 Å². The first-order chi connectivity index (χ1) is 17.7. The van der Waals surface area contributed by atoms with Crippen molar-refractivity contribution < 1.29 is 18.3 Å². The molecule has 0 aliphatic carbocycles. The molecule has 1 atom stereocenters. The third-order valence-corrected chi connectivity index (χ3v) is 12.2. The number of hydrogen-bond donors (Lipinski definition) is 0. The molecule has 38 heavy (non-hydrogen) atoms. The summed E-state index contributed by atoms with van der Waals surface area (Å²) in [5, 5.41) is 0.331. The van der Waals surface area contributed by atoms with Gasteiger partial charge < -0.3 is 13.7 Å². The lowest BCUT2D eigenvalue weighted by molar-refractivity contribution is 0.0523. The first-order valence-corrected chi connectivity index (χ1v) is 16.2. The van der Waals surface area contributed by atoms with Crippen molar-refractivity contribution in [1.82, 2.24) is 9.55 Å². The van der Waals surface area contributed by atoms with E-state index in [-0.39, 0.29) is 46.0 Å². The minimum Gasteiger partial charge on any atom is -0.462 e. The lowest BCUT2D eigenvalue weighted by Gasteiger charge is -2.38. The molecular formula is C29H38ClFN2O4Si. The fourth-order valence-electron chi connectivity index (χ4n) is 3.99. The number of rotatable bonds is 9. The first-order valence-electron chi connectivity index (χ1n) is 13.0. The molecule has 0 aliphatic heterocycles. The summed E-state index contributed by atoms with van der Waals surface area (Å²) in [7, 11) is -2.07. The molecule has 6 nitrogen and oxygen atoms in total. The van der Waals surface area contributed by atoms with Gasteiger partial charge >= 0.3 is 5.97 Å². The van der Waals surface area contributed by atoms with E-state index in [0.29, 0.717) is 23.4 Å². The number of esters is 1. The minimum atomic E-state index is -2.07. The van der Waals surface area contributed by atoms with Gasteiger partial charge in [-0.15, -0.1) is 0 Å². The maximum Gasteiger partial charge on any atom is 0.343 e. The van der Waals surface area contributed by atoms with Gasteiger partial charge in [0, 0.05) is 18.8 Å². The summed E-state index contributed by atoms with van der Waals surface area (Å²) < 4.78 is 28.2. The van der Waals surface area contributed by atoms with Crippen molar-refractivity contribution in [3.05, 3.63) is 74.4 Å². The highest BCUT2D eigenvalue weighted by atomic mass is 35.5. The molecule has 0 saturated carbocycles. The Morgan fingerprint density at radius 1 is 1.24 bits per heavy atom. The van der Waals surface area contributed by atoms with E-state index in [1.807, 2.05) is 4.57 Å². The zero-order valence-electron chi connectivity index (χ0n) is 23.5. The van der Waals surface area contributed by atoms with E-state index in [1.54, 1.807) is 37.5 Å². The van der Waals surface area contributed by atoms with Gasteiger partial charge in [0.2, 0.25) is 5.43 Å². The monoisotopic (exact) mass is 560 g/mol. The lowest BCUT2D eigenvalue weighted by atomic mass is 10.0. The summed E-state index contributed by atoms with van der Waals surface area (Å²) >= 11 is 5.96. The zero-order valence-corrected chi connectivity index (χ0v) is 25.3. The lowest BCUT2D eigenvalue weighted by Crippen LogP contribution is -2.42.